The molecule has 1 rings (SSSR count). The summed E-state index contributed by atoms with van der Waals surface area (Å²) in [4.78, 5) is 0.845. The van der Waals surface area contributed by atoms with Gasteiger partial charge in [0.25, 0.3) is 0 Å². The van der Waals surface area contributed by atoms with E-state index in [4.69, 9.17) is 0 Å². The van der Waals surface area contributed by atoms with E-state index in [1.807, 2.05) is 0 Å². The summed E-state index contributed by atoms with van der Waals surface area (Å²) in [6.45, 7) is 4.55. The van der Waals surface area contributed by atoms with Crippen molar-refractivity contribution in [2.75, 3.05) is 0 Å². The quantitative estimate of drug-likeness (QED) is 0.520. The van der Waals surface area contributed by atoms with E-state index in [1.165, 1.54) is 6.42 Å². The average Bonchev–Trinajstić information content (AvgIpc) is 2.17. The SMILES string of the molecule is CCC1C(C)C1Br. The van der Waals surface area contributed by atoms with Crippen molar-refractivity contribution in [1.82, 2.24) is 0 Å². The van der Waals surface area contributed by atoms with Crippen molar-refractivity contribution >= 4 is 15.9 Å². The Kier molecular flexibility index (Phi) is 1.42. The normalized spacial score (nSPS) is 49.3. The lowest BCUT2D eigenvalue weighted by molar-refractivity contribution is 0.724. The molecule has 0 aliphatic heterocycles. The van der Waals surface area contributed by atoms with Crippen molar-refractivity contribution in [3.63, 3.8) is 0 Å². The zero-order chi connectivity index (χ0) is 5.44. The molecule has 0 heterocycles. The number of alkyl halides is 1. The molecule has 1 heteroatoms. The lowest BCUT2D eigenvalue weighted by Gasteiger charge is -1.79. The van der Waals surface area contributed by atoms with Gasteiger partial charge in [0.1, 0.15) is 0 Å². The third-order valence-electron chi connectivity index (χ3n) is 1.92. The van der Waals surface area contributed by atoms with Gasteiger partial charge in [0.15, 0.2) is 0 Å². The van der Waals surface area contributed by atoms with Crippen LogP contribution in [-0.2, 0) is 0 Å². The van der Waals surface area contributed by atoms with Crippen LogP contribution >= 0.6 is 15.9 Å². The van der Waals surface area contributed by atoms with Crippen LogP contribution < -0.4 is 0 Å². The van der Waals surface area contributed by atoms with Crippen molar-refractivity contribution in [2.45, 2.75) is 25.1 Å². The molecule has 42 valence electrons. The molecule has 7 heavy (non-hydrogen) atoms. The first-order valence-electron chi connectivity index (χ1n) is 2.91. The minimum Gasteiger partial charge on any atom is -0.0885 e. The van der Waals surface area contributed by atoms with E-state index in [2.05, 4.69) is 29.8 Å². The van der Waals surface area contributed by atoms with Crippen LogP contribution in [0.15, 0.2) is 0 Å². The summed E-state index contributed by atoms with van der Waals surface area (Å²) in [6, 6.07) is 0. The zero-order valence-electron chi connectivity index (χ0n) is 4.82. The molecule has 1 saturated carbocycles. The third-order valence-corrected chi connectivity index (χ3v) is 3.43. The molecule has 0 aromatic rings. The van der Waals surface area contributed by atoms with Crippen LogP contribution in [0.4, 0.5) is 0 Å². The molecule has 0 nitrogen and oxygen atoms in total. The van der Waals surface area contributed by atoms with Crippen LogP contribution in [0.3, 0.4) is 0 Å². The average molecular weight is 163 g/mol. The number of hydrogen-bond donors (Lipinski definition) is 0. The maximum Gasteiger partial charge on any atom is 0.0205 e. The van der Waals surface area contributed by atoms with E-state index in [9.17, 15) is 0 Å². The molecule has 3 unspecified atom stereocenters. The topological polar surface area (TPSA) is 0 Å². The van der Waals surface area contributed by atoms with Gasteiger partial charge in [0, 0.05) is 4.83 Å². The molecule has 0 bridgehead atoms. The Morgan fingerprint density at radius 2 is 2.00 bits per heavy atom. The van der Waals surface area contributed by atoms with Gasteiger partial charge in [-0.25, -0.2) is 0 Å². The second kappa shape index (κ2) is 1.77. The van der Waals surface area contributed by atoms with Gasteiger partial charge in [-0.2, -0.15) is 0 Å². The molecule has 0 N–H and O–H groups in total. The van der Waals surface area contributed by atoms with Crippen molar-refractivity contribution in [3.8, 4) is 0 Å². The van der Waals surface area contributed by atoms with E-state index in [1.54, 1.807) is 0 Å². The summed E-state index contributed by atoms with van der Waals surface area (Å²) in [7, 11) is 0. The van der Waals surface area contributed by atoms with E-state index >= 15 is 0 Å². The van der Waals surface area contributed by atoms with Gasteiger partial charge in [0.2, 0.25) is 0 Å². The fourth-order valence-electron chi connectivity index (χ4n) is 1.09. The molecule has 1 aliphatic carbocycles. The van der Waals surface area contributed by atoms with Crippen LogP contribution in [0.25, 0.3) is 0 Å². The van der Waals surface area contributed by atoms with E-state index in [0.717, 1.165) is 16.7 Å². The monoisotopic (exact) mass is 162 g/mol. The first-order chi connectivity index (χ1) is 3.27. The number of halogens is 1. The summed E-state index contributed by atoms with van der Waals surface area (Å²) in [5.74, 6) is 1.94. The summed E-state index contributed by atoms with van der Waals surface area (Å²) < 4.78 is 0. The highest BCUT2D eigenvalue weighted by Crippen LogP contribution is 2.46. The predicted molar refractivity (Wildman–Crippen MR) is 35.7 cm³/mol. The minimum absolute atomic E-state index is 0.845. The molecule has 0 amide bonds. The second-order valence-electron chi connectivity index (χ2n) is 2.38. The molecule has 0 radical (unpaired) electrons. The van der Waals surface area contributed by atoms with E-state index < -0.39 is 0 Å². The van der Waals surface area contributed by atoms with Gasteiger partial charge < -0.3 is 0 Å². The van der Waals surface area contributed by atoms with Crippen molar-refractivity contribution in [1.29, 1.82) is 0 Å². The Balaban J connectivity index is 2.24. The fourth-order valence-corrected chi connectivity index (χ4v) is 2.16. The molecule has 1 aliphatic rings. The Bertz CT molecular complexity index is 62.6. The lowest BCUT2D eigenvalue weighted by Crippen LogP contribution is -1.70. The van der Waals surface area contributed by atoms with Crippen molar-refractivity contribution in [3.05, 3.63) is 0 Å². The van der Waals surface area contributed by atoms with E-state index in [-0.39, 0.29) is 0 Å². The molecule has 0 aromatic heterocycles. The maximum atomic E-state index is 3.57. The predicted octanol–water partition coefficient (Wildman–Crippen LogP) is 2.43. The van der Waals surface area contributed by atoms with Crippen LogP contribution in [0.5, 0.6) is 0 Å². The molecule has 0 aromatic carbocycles. The molecule has 0 spiro atoms. The largest absolute Gasteiger partial charge is 0.0885 e. The summed E-state index contributed by atoms with van der Waals surface area (Å²) in [6.07, 6.45) is 1.34. The highest BCUT2D eigenvalue weighted by Gasteiger charge is 2.42. The number of rotatable bonds is 1. The Morgan fingerprint density at radius 3 is 2.00 bits per heavy atom. The molecular formula is C6H11Br. The van der Waals surface area contributed by atoms with Crippen LogP contribution in [0.2, 0.25) is 0 Å². The van der Waals surface area contributed by atoms with Gasteiger partial charge in [-0.15, -0.1) is 0 Å². The molecule has 1 fully saturated rings. The Labute approximate surface area is 53.4 Å². The van der Waals surface area contributed by atoms with Crippen LogP contribution in [-0.4, -0.2) is 4.83 Å². The van der Waals surface area contributed by atoms with Gasteiger partial charge >= 0.3 is 0 Å². The lowest BCUT2D eigenvalue weighted by atomic mass is 10.3. The highest BCUT2D eigenvalue weighted by molar-refractivity contribution is 9.09. The first-order valence-corrected chi connectivity index (χ1v) is 3.83. The Hall–Kier alpha value is 0.480. The number of hydrogen-bond acceptors (Lipinski definition) is 0. The molecule has 0 saturated heterocycles. The molecule has 3 atom stereocenters. The van der Waals surface area contributed by atoms with E-state index in [0.29, 0.717) is 0 Å². The van der Waals surface area contributed by atoms with Crippen molar-refractivity contribution in [2.24, 2.45) is 11.8 Å². The highest BCUT2D eigenvalue weighted by atomic mass is 79.9. The summed E-state index contributed by atoms with van der Waals surface area (Å²) >= 11 is 3.57. The van der Waals surface area contributed by atoms with Crippen molar-refractivity contribution < 1.29 is 0 Å². The molecular weight excluding hydrogens is 152 g/mol. The summed E-state index contributed by atoms with van der Waals surface area (Å²) in [5, 5.41) is 0. The van der Waals surface area contributed by atoms with Crippen LogP contribution in [0.1, 0.15) is 20.3 Å². The fraction of sp³-hybridized carbons (Fsp3) is 1.00. The van der Waals surface area contributed by atoms with Gasteiger partial charge in [-0.1, -0.05) is 36.2 Å². The summed E-state index contributed by atoms with van der Waals surface area (Å²) in [5.41, 5.74) is 0. The minimum atomic E-state index is 0.845. The standard InChI is InChI=1S/C6H11Br/c1-3-5-4(2)6(5)7/h4-6H,3H2,1-2H3. The smallest absolute Gasteiger partial charge is 0.0205 e. The second-order valence-corrected chi connectivity index (χ2v) is 3.43. The van der Waals surface area contributed by atoms with Gasteiger partial charge in [-0.3, -0.25) is 0 Å². The third kappa shape index (κ3) is 0.835. The van der Waals surface area contributed by atoms with Gasteiger partial charge in [-0.05, 0) is 11.8 Å². The maximum absolute atomic E-state index is 3.57. The Morgan fingerprint density at radius 1 is 1.57 bits per heavy atom. The first kappa shape index (κ1) is 5.61. The van der Waals surface area contributed by atoms with Gasteiger partial charge in [0.05, 0.1) is 0 Å². The zero-order valence-corrected chi connectivity index (χ0v) is 6.40. The van der Waals surface area contributed by atoms with Crippen LogP contribution in [0, 0.1) is 11.8 Å².